The van der Waals surface area contributed by atoms with E-state index in [0.29, 0.717) is 0 Å². The van der Waals surface area contributed by atoms with Crippen LogP contribution in [0.25, 0.3) is 0 Å². The Morgan fingerprint density at radius 2 is 1.89 bits per heavy atom. The Morgan fingerprint density at radius 1 is 1.22 bits per heavy atom. The number of rotatable bonds is 7. The Bertz CT molecular complexity index is 247. The van der Waals surface area contributed by atoms with Crippen LogP contribution in [0.2, 0.25) is 6.32 Å². The molecule has 0 bridgehead atoms. The molecule has 0 aliphatic heterocycles. The van der Waals surface area contributed by atoms with Gasteiger partial charge in [-0.2, -0.15) is 12.6 Å². The third-order valence-corrected chi connectivity index (χ3v) is 5.33. The van der Waals surface area contributed by atoms with Crippen LogP contribution < -0.4 is 0 Å². The molecule has 1 radical (unpaired) electrons. The Hall–Kier alpha value is 0.375. The summed E-state index contributed by atoms with van der Waals surface area (Å²) in [4.78, 5) is 0. The highest BCUT2D eigenvalue weighted by molar-refractivity contribution is 7.81. The zero-order valence-electron chi connectivity index (χ0n) is 12.8. The maximum absolute atomic E-state index is 5.88. The van der Waals surface area contributed by atoms with Crippen LogP contribution >= 0.6 is 12.6 Å². The normalized spacial score (nSPS) is 25.4. The SMILES string of the molecule is CC1CCCC1CCC[B]OC(C)(C)C(C)(C)S. The minimum atomic E-state index is -0.212. The molecule has 1 fully saturated rings. The molecule has 0 aromatic heterocycles. The monoisotopic (exact) mass is 269 g/mol. The second-order valence-electron chi connectivity index (χ2n) is 6.95. The number of thiol groups is 1. The summed E-state index contributed by atoms with van der Waals surface area (Å²) >= 11 is 4.60. The lowest BCUT2D eigenvalue weighted by Crippen LogP contribution is -2.44. The van der Waals surface area contributed by atoms with Gasteiger partial charge in [0, 0.05) is 4.75 Å². The summed E-state index contributed by atoms with van der Waals surface area (Å²) in [6.45, 7) is 10.8. The summed E-state index contributed by atoms with van der Waals surface area (Å²) in [6.07, 6.45) is 8.01. The van der Waals surface area contributed by atoms with E-state index in [0.717, 1.165) is 18.2 Å². The number of hydrogen-bond donors (Lipinski definition) is 1. The maximum atomic E-state index is 5.88. The average Bonchev–Trinajstić information content (AvgIpc) is 2.62. The van der Waals surface area contributed by atoms with Crippen molar-refractivity contribution in [1.82, 2.24) is 0 Å². The van der Waals surface area contributed by atoms with Crippen molar-refractivity contribution in [2.75, 3.05) is 0 Å². The lowest BCUT2D eigenvalue weighted by atomic mass is 9.83. The van der Waals surface area contributed by atoms with Gasteiger partial charge in [0.1, 0.15) is 0 Å². The average molecular weight is 269 g/mol. The Morgan fingerprint density at radius 3 is 2.39 bits per heavy atom. The van der Waals surface area contributed by atoms with Crippen LogP contribution in [0.1, 0.15) is 66.7 Å². The van der Waals surface area contributed by atoms with Crippen molar-refractivity contribution in [3.05, 3.63) is 0 Å². The van der Waals surface area contributed by atoms with Crippen LogP contribution in [-0.4, -0.2) is 17.8 Å². The van der Waals surface area contributed by atoms with Gasteiger partial charge < -0.3 is 4.65 Å². The van der Waals surface area contributed by atoms with Crippen molar-refractivity contribution in [3.63, 3.8) is 0 Å². The van der Waals surface area contributed by atoms with Crippen molar-refractivity contribution in [3.8, 4) is 0 Å². The molecule has 0 heterocycles. The van der Waals surface area contributed by atoms with Crippen molar-refractivity contribution in [2.45, 2.75) is 83.4 Å². The van der Waals surface area contributed by atoms with Gasteiger partial charge in [-0.05, 0) is 39.5 Å². The summed E-state index contributed by atoms with van der Waals surface area (Å²) < 4.78 is 5.76. The summed E-state index contributed by atoms with van der Waals surface area (Å²) in [5.74, 6) is 1.91. The fraction of sp³-hybridized carbons (Fsp3) is 1.00. The second kappa shape index (κ2) is 6.70. The zero-order valence-corrected chi connectivity index (χ0v) is 13.7. The van der Waals surface area contributed by atoms with Gasteiger partial charge in [0.05, 0.1) is 5.60 Å². The molecular weight excluding hydrogens is 239 g/mol. The van der Waals surface area contributed by atoms with Gasteiger partial charge in [0.2, 0.25) is 0 Å². The first-order chi connectivity index (χ1) is 8.24. The lowest BCUT2D eigenvalue weighted by molar-refractivity contribution is 0.0822. The van der Waals surface area contributed by atoms with Gasteiger partial charge in [-0.1, -0.05) is 45.3 Å². The fourth-order valence-corrected chi connectivity index (χ4v) is 2.58. The van der Waals surface area contributed by atoms with E-state index < -0.39 is 0 Å². The molecule has 0 spiro atoms. The van der Waals surface area contributed by atoms with Crippen LogP contribution in [0.5, 0.6) is 0 Å². The van der Waals surface area contributed by atoms with E-state index in [1.165, 1.54) is 32.1 Å². The molecule has 1 aliphatic carbocycles. The summed E-state index contributed by atoms with van der Waals surface area (Å²) in [5.41, 5.74) is -0.212. The van der Waals surface area contributed by atoms with Crippen LogP contribution in [0.4, 0.5) is 0 Å². The molecule has 105 valence electrons. The Kier molecular flexibility index (Phi) is 6.11. The van der Waals surface area contributed by atoms with E-state index in [4.69, 9.17) is 4.65 Å². The van der Waals surface area contributed by atoms with Crippen molar-refractivity contribution in [2.24, 2.45) is 11.8 Å². The first-order valence-electron chi connectivity index (χ1n) is 7.46. The molecule has 0 saturated heterocycles. The Labute approximate surface area is 120 Å². The highest BCUT2D eigenvalue weighted by atomic mass is 32.1. The standard InChI is InChI=1S/C15H30BOS/c1-12-8-6-9-13(12)10-7-11-16-17-14(2,3)15(4,5)18/h12-13,18H,6-11H2,1-5H3. The highest BCUT2D eigenvalue weighted by Crippen LogP contribution is 2.35. The third kappa shape index (κ3) is 4.81. The molecule has 2 unspecified atom stereocenters. The molecule has 1 nitrogen and oxygen atoms in total. The summed E-state index contributed by atoms with van der Waals surface area (Å²) in [7, 11) is 2.00. The third-order valence-electron chi connectivity index (χ3n) is 4.79. The molecule has 2 atom stereocenters. The van der Waals surface area contributed by atoms with Gasteiger partial charge in [-0.3, -0.25) is 0 Å². The molecule has 1 saturated carbocycles. The van der Waals surface area contributed by atoms with Crippen molar-refractivity contribution in [1.29, 1.82) is 0 Å². The molecule has 1 aliphatic rings. The van der Waals surface area contributed by atoms with Crippen LogP contribution in [0, 0.1) is 11.8 Å². The minimum absolute atomic E-state index is 0.122. The van der Waals surface area contributed by atoms with Crippen LogP contribution in [0.3, 0.4) is 0 Å². The van der Waals surface area contributed by atoms with E-state index in [9.17, 15) is 0 Å². The van der Waals surface area contributed by atoms with Gasteiger partial charge in [-0.25, -0.2) is 0 Å². The van der Waals surface area contributed by atoms with Crippen molar-refractivity contribution >= 4 is 20.1 Å². The highest BCUT2D eigenvalue weighted by Gasteiger charge is 2.34. The molecular formula is C15H30BOS. The lowest BCUT2D eigenvalue weighted by Gasteiger charge is -2.38. The summed E-state index contributed by atoms with van der Waals surface area (Å²) in [5, 5.41) is 0. The van der Waals surface area contributed by atoms with Gasteiger partial charge >= 0.3 is 0 Å². The molecule has 1 rings (SSSR count). The maximum Gasteiger partial charge on any atom is 0.293 e. The van der Waals surface area contributed by atoms with Gasteiger partial charge in [0.25, 0.3) is 7.48 Å². The van der Waals surface area contributed by atoms with Crippen LogP contribution in [-0.2, 0) is 4.65 Å². The van der Waals surface area contributed by atoms with Crippen LogP contribution in [0.15, 0.2) is 0 Å². The summed E-state index contributed by atoms with van der Waals surface area (Å²) in [6, 6.07) is 0. The first kappa shape index (κ1) is 16.4. The smallest absolute Gasteiger partial charge is 0.293 e. The quantitative estimate of drug-likeness (QED) is 0.399. The minimum Gasteiger partial charge on any atom is -0.434 e. The largest absolute Gasteiger partial charge is 0.434 e. The molecule has 0 N–H and O–H groups in total. The predicted octanol–water partition coefficient (Wildman–Crippen LogP) is 4.74. The molecule has 0 amide bonds. The van der Waals surface area contributed by atoms with Gasteiger partial charge in [-0.15, -0.1) is 0 Å². The topological polar surface area (TPSA) is 9.23 Å². The first-order valence-corrected chi connectivity index (χ1v) is 7.90. The van der Waals surface area contributed by atoms with E-state index in [-0.39, 0.29) is 10.3 Å². The van der Waals surface area contributed by atoms with Crippen molar-refractivity contribution < 1.29 is 4.65 Å². The van der Waals surface area contributed by atoms with E-state index in [2.05, 4.69) is 47.2 Å². The number of hydrogen-bond acceptors (Lipinski definition) is 2. The van der Waals surface area contributed by atoms with E-state index in [1.807, 2.05) is 7.48 Å². The Balaban J connectivity index is 2.12. The molecule has 0 aromatic rings. The van der Waals surface area contributed by atoms with E-state index >= 15 is 0 Å². The zero-order chi connectivity index (χ0) is 13.8. The second-order valence-corrected chi connectivity index (χ2v) is 8.07. The molecule has 18 heavy (non-hydrogen) atoms. The van der Waals surface area contributed by atoms with E-state index in [1.54, 1.807) is 0 Å². The van der Waals surface area contributed by atoms with Gasteiger partial charge in [0.15, 0.2) is 0 Å². The molecule has 0 aromatic carbocycles. The fourth-order valence-electron chi connectivity index (χ4n) is 2.53. The molecule has 3 heteroatoms. The predicted molar refractivity (Wildman–Crippen MR) is 84.5 cm³/mol.